The molecule has 0 radical (unpaired) electrons. The molecule has 0 saturated heterocycles. The summed E-state index contributed by atoms with van der Waals surface area (Å²) in [4.78, 5) is 23.8. The first-order valence-corrected chi connectivity index (χ1v) is 9.08. The smallest absolute Gasteiger partial charge is 0.344 e. The molecule has 7 heteroatoms. The number of benzene rings is 3. The molecule has 148 valence electrons. The van der Waals surface area contributed by atoms with Crippen molar-refractivity contribution in [1.82, 2.24) is 0 Å². The third kappa shape index (κ3) is 5.80. The minimum Gasteiger partial charge on any atom is -0.481 e. The highest BCUT2D eigenvalue weighted by molar-refractivity contribution is 6.30. The van der Waals surface area contributed by atoms with E-state index in [1.165, 1.54) is 12.1 Å². The maximum Gasteiger partial charge on any atom is 0.344 e. The Morgan fingerprint density at radius 2 is 1.66 bits per heavy atom. The molecule has 0 saturated carbocycles. The molecule has 0 unspecified atom stereocenters. The number of carbonyl (C=O) groups is 2. The lowest BCUT2D eigenvalue weighted by Crippen LogP contribution is -2.24. The summed E-state index contributed by atoms with van der Waals surface area (Å²) in [5, 5.41) is 2.56. The average Bonchev–Trinajstić information content (AvgIpc) is 2.74. The van der Waals surface area contributed by atoms with Crippen LogP contribution in [-0.2, 0) is 14.3 Å². The topological polar surface area (TPSA) is 64.6 Å². The number of halogens is 2. The molecular weight excluding hydrogens is 397 g/mol. The molecule has 5 nitrogen and oxygen atoms in total. The molecule has 1 N–H and O–H groups in total. The quantitative estimate of drug-likeness (QED) is 0.570. The standard InChI is InChI=1S/C22H17ClFNO4/c23-16-10-11-18(24)19(12-16)25-21(26)13-29-22(27)14-28-20-9-5-4-8-17(20)15-6-2-1-3-7-15/h1-12H,13-14H2,(H,25,26). The van der Waals surface area contributed by atoms with E-state index >= 15 is 0 Å². The second-order valence-electron chi connectivity index (χ2n) is 5.98. The normalized spacial score (nSPS) is 10.3. The fourth-order valence-corrected chi connectivity index (χ4v) is 2.72. The lowest BCUT2D eigenvalue weighted by Gasteiger charge is -2.11. The number of para-hydroxylation sites is 1. The van der Waals surface area contributed by atoms with E-state index in [9.17, 15) is 14.0 Å². The molecule has 0 aliphatic heterocycles. The second kappa shape index (κ2) is 9.71. The first kappa shape index (κ1) is 20.4. The van der Waals surface area contributed by atoms with E-state index in [4.69, 9.17) is 21.1 Å². The Bertz CT molecular complexity index is 1010. The molecule has 0 aromatic heterocycles. The van der Waals surface area contributed by atoms with Gasteiger partial charge in [-0.05, 0) is 29.8 Å². The second-order valence-corrected chi connectivity index (χ2v) is 6.42. The third-order valence-corrected chi connectivity index (χ3v) is 4.12. The fraction of sp³-hybridized carbons (Fsp3) is 0.0909. The highest BCUT2D eigenvalue weighted by atomic mass is 35.5. The number of carbonyl (C=O) groups excluding carboxylic acids is 2. The molecule has 0 heterocycles. The zero-order valence-electron chi connectivity index (χ0n) is 15.2. The van der Waals surface area contributed by atoms with Gasteiger partial charge in [0.2, 0.25) is 0 Å². The van der Waals surface area contributed by atoms with Crippen LogP contribution in [-0.4, -0.2) is 25.1 Å². The van der Waals surface area contributed by atoms with Crippen molar-refractivity contribution in [3.8, 4) is 16.9 Å². The van der Waals surface area contributed by atoms with Gasteiger partial charge in [0.05, 0.1) is 5.69 Å². The molecule has 3 aromatic carbocycles. The van der Waals surface area contributed by atoms with Crippen LogP contribution < -0.4 is 10.1 Å². The van der Waals surface area contributed by atoms with Gasteiger partial charge in [0.25, 0.3) is 5.91 Å². The zero-order chi connectivity index (χ0) is 20.6. The van der Waals surface area contributed by atoms with Crippen LogP contribution in [0.15, 0.2) is 72.8 Å². The van der Waals surface area contributed by atoms with Crippen LogP contribution >= 0.6 is 11.6 Å². The van der Waals surface area contributed by atoms with E-state index in [1.54, 1.807) is 12.1 Å². The number of esters is 1. The number of hydrogen-bond donors (Lipinski definition) is 1. The van der Waals surface area contributed by atoms with Gasteiger partial charge in [0.1, 0.15) is 11.6 Å². The number of hydrogen-bond acceptors (Lipinski definition) is 4. The Labute approximate surface area is 172 Å². The van der Waals surface area contributed by atoms with Crippen LogP contribution in [0.4, 0.5) is 10.1 Å². The summed E-state index contributed by atoms with van der Waals surface area (Å²) in [5.41, 5.74) is 1.68. The SMILES string of the molecule is O=C(COC(=O)COc1ccccc1-c1ccccc1)Nc1cc(Cl)ccc1F. The molecule has 0 aliphatic carbocycles. The van der Waals surface area contributed by atoms with Crippen molar-refractivity contribution in [2.24, 2.45) is 0 Å². The molecule has 0 bridgehead atoms. The monoisotopic (exact) mass is 413 g/mol. The summed E-state index contributed by atoms with van der Waals surface area (Å²) >= 11 is 5.76. The number of ether oxygens (including phenoxy) is 2. The van der Waals surface area contributed by atoms with E-state index in [-0.39, 0.29) is 17.3 Å². The van der Waals surface area contributed by atoms with E-state index in [0.29, 0.717) is 5.75 Å². The minimum atomic E-state index is -0.727. The van der Waals surface area contributed by atoms with Crippen LogP contribution in [0.3, 0.4) is 0 Å². The number of anilines is 1. The van der Waals surface area contributed by atoms with E-state index in [0.717, 1.165) is 17.2 Å². The van der Waals surface area contributed by atoms with E-state index < -0.39 is 24.3 Å². The first-order valence-electron chi connectivity index (χ1n) is 8.70. The summed E-state index contributed by atoms with van der Waals surface area (Å²) in [6.45, 7) is -0.947. The van der Waals surface area contributed by atoms with Crippen LogP contribution in [0, 0.1) is 5.82 Å². The lowest BCUT2D eigenvalue weighted by atomic mass is 10.1. The lowest BCUT2D eigenvalue weighted by molar-refractivity contribution is -0.149. The summed E-state index contributed by atoms with van der Waals surface area (Å²) in [7, 11) is 0. The van der Waals surface area contributed by atoms with Crippen molar-refractivity contribution in [3.05, 3.63) is 83.6 Å². The average molecular weight is 414 g/mol. The Hall–Kier alpha value is -3.38. The molecule has 0 fully saturated rings. The molecule has 0 aliphatic rings. The van der Waals surface area contributed by atoms with Crippen molar-refractivity contribution in [2.45, 2.75) is 0 Å². The fourth-order valence-electron chi connectivity index (χ4n) is 2.55. The minimum absolute atomic E-state index is 0.0911. The predicted octanol–water partition coefficient (Wildman–Crippen LogP) is 4.71. The van der Waals surface area contributed by atoms with Gasteiger partial charge in [0.15, 0.2) is 13.2 Å². The van der Waals surface area contributed by atoms with Crippen molar-refractivity contribution in [1.29, 1.82) is 0 Å². The van der Waals surface area contributed by atoms with Gasteiger partial charge in [-0.15, -0.1) is 0 Å². The molecule has 29 heavy (non-hydrogen) atoms. The number of amides is 1. The molecule has 0 spiro atoms. The number of rotatable bonds is 7. The Balaban J connectivity index is 1.52. The summed E-state index contributed by atoms with van der Waals surface area (Å²) in [6.07, 6.45) is 0. The van der Waals surface area contributed by atoms with E-state index in [1.807, 2.05) is 42.5 Å². The van der Waals surface area contributed by atoms with Crippen LogP contribution in [0.5, 0.6) is 5.75 Å². The van der Waals surface area contributed by atoms with Crippen LogP contribution in [0.1, 0.15) is 0 Å². The molecular formula is C22H17ClFNO4. The van der Waals surface area contributed by atoms with Crippen molar-refractivity contribution >= 4 is 29.2 Å². The zero-order valence-corrected chi connectivity index (χ0v) is 16.0. The highest BCUT2D eigenvalue weighted by Gasteiger charge is 2.12. The van der Waals surface area contributed by atoms with Gasteiger partial charge in [-0.1, -0.05) is 60.1 Å². The van der Waals surface area contributed by atoms with Crippen molar-refractivity contribution < 1.29 is 23.5 Å². The van der Waals surface area contributed by atoms with Gasteiger partial charge in [0, 0.05) is 10.6 Å². The van der Waals surface area contributed by atoms with Crippen molar-refractivity contribution in [2.75, 3.05) is 18.5 Å². The van der Waals surface area contributed by atoms with Gasteiger partial charge in [-0.2, -0.15) is 0 Å². The summed E-state index contributed by atoms with van der Waals surface area (Å²) < 4.78 is 24.1. The van der Waals surface area contributed by atoms with Gasteiger partial charge >= 0.3 is 5.97 Å². The third-order valence-electron chi connectivity index (χ3n) is 3.88. The van der Waals surface area contributed by atoms with Crippen molar-refractivity contribution in [3.63, 3.8) is 0 Å². The molecule has 3 aromatic rings. The van der Waals surface area contributed by atoms with Crippen LogP contribution in [0.25, 0.3) is 11.1 Å². The maximum absolute atomic E-state index is 13.6. The first-order chi connectivity index (χ1) is 14.0. The Kier molecular flexibility index (Phi) is 6.81. The van der Waals surface area contributed by atoms with Gasteiger partial charge in [-0.3, -0.25) is 4.79 Å². The highest BCUT2D eigenvalue weighted by Crippen LogP contribution is 2.29. The largest absolute Gasteiger partial charge is 0.481 e. The molecule has 0 atom stereocenters. The molecule has 1 amide bonds. The van der Waals surface area contributed by atoms with Gasteiger partial charge in [-0.25, -0.2) is 9.18 Å². The summed E-state index contributed by atoms with van der Waals surface area (Å²) in [6, 6.07) is 20.6. The molecule has 3 rings (SSSR count). The maximum atomic E-state index is 13.6. The Morgan fingerprint density at radius 1 is 0.931 bits per heavy atom. The number of nitrogens with one attached hydrogen (secondary N) is 1. The predicted molar refractivity (Wildman–Crippen MR) is 108 cm³/mol. The Morgan fingerprint density at radius 3 is 2.45 bits per heavy atom. The van der Waals surface area contributed by atoms with Crippen LogP contribution in [0.2, 0.25) is 5.02 Å². The summed E-state index contributed by atoms with van der Waals surface area (Å²) in [5.74, 6) is -1.55. The van der Waals surface area contributed by atoms with Gasteiger partial charge < -0.3 is 14.8 Å². The van der Waals surface area contributed by atoms with E-state index in [2.05, 4.69) is 5.32 Å².